The number of amides is 2. The van der Waals surface area contributed by atoms with Crippen LogP contribution in [0.15, 0.2) is 18.3 Å². The third-order valence-electron chi connectivity index (χ3n) is 3.36. The van der Waals surface area contributed by atoms with Gasteiger partial charge in [0, 0.05) is 18.0 Å². The van der Waals surface area contributed by atoms with Gasteiger partial charge in [-0.1, -0.05) is 13.8 Å². The van der Waals surface area contributed by atoms with Crippen molar-refractivity contribution in [2.75, 3.05) is 5.43 Å². The number of aromatic nitrogens is 1. The molecule has 2 unspecified atom stereocenters. The van der Waals surface area contributed by atoms with Gasteiger partial charge in [0.05, 0.1) is 17.9 Å². The number of rotatable bonds is 3. The highest BCUT2D eigenvalue weighted by atomic mass is 16.2. The minimum atomic E-state index is -0.256. The molecule has 0 spiro atoms. The molecule has 2 heterocycles. The Kier molecular flexibility index (Phi) is 3.29. The number of carbonyl (C=O) groups is 2. The normalized spacial score (nSPS) is 23.6. The molecule has 0 saturated carbocycles. The lowest BCUT2D eigenvalue weighted by atomic mass is 10.00. The molecule has 0 aromatic carbocycles. The van der Waals surface area contributed by atoms with Crippen LogP contribution >= 0.6 is 0 Å². The minimum Gasteiger partial charge on any atom is -0.324 e. The van der Waals surface area contributed by atoms with Gasteiger partial charge in [-0.05, 0) is 12.1 Å². The van der Waals surface area contributed by atoms with Gasteiger partial charge in [0.1, 0.15) is 0 Å². The van der Waals surface area contributed by atoms with Crippen LogP contribution in [0.2, 0.25) is 0 Å². The quantitative estimate of drug-likeness (QED) is 0.462. The van der Waals surface area contributed by atoms with E-state index in [9.17, 15) is 9.59 Å². The molecule has 0 radical (unpaired) electrons. The van der Waals surface area contributed by atoms with Crippen molar-refractivity contribution in [1.82, 2.24) is 9.88 Å². The van der Waals surface area contributed by atoms with Gasteiger partial charge in [-0.15, -0.1) is 0 Å². The third-order valence-corrected chi connectivity index (χ3v) is 3.36. The Hall–Kier alpha value is -1.95. The molecule has 96 valence electrons. The SMILES string of the molecule is CC1C(=O)N(Cc2cc(NN)ccn2)C(=O)C1C. The van der Waals surface area contributed by atoms with Gasteiger partial charge in [0.15, 0.2) is 0 Å². The Morgan fingerprint density at radius 2 is 1.94 bits per heavy atom. The molecule has 1 fully saturated rings. The predicted molar refractivity (Wildman–Crippen MR) is 65.9 cm³/mol. The van der Waals surface area contributed by atoms with Crippen molar-refractivity contribution in [2.45, 2.75) is 20.4 Å². The van der Waals surface area contributed by atoms with Gasteiger partial charge in [0.25, 0.3) is 0 Å². The highest BCUT2D eigenvalue weighted by Crippen LogP contribution is 2.26. The number of nitrogens with one attached hydrogen (secondary N) is 1. The Labute approximate surface area is 105 Å². The summed E-state index contributed by atoms with van der Waals surface area (Å²) in [6, 6.07) is 3.43. The molecule has 0 aliphatic carbocycles. The lowest BCUT2D eigenvalue weighted by molar-refractivity contribution is -0.140. The van der Waals surface area contributed by atoms with Gasteiger partial charge < -0.3 is 5.43 Å². The van der Waals surface area contributed by atoms with Gasteiger partial charge in [-0.3, -0.25) is 25.3 Å². The van der Waals surface area contributed by atoms with Crippen LogP contribution in [0, 0.1) is 11.8 Å². The second-order valence-electron chi connectivity index (χ2n) is 4.52. The van der Waals surface area contributed by atoms with Crippen LogP contribution in [0.1, 0.15) is 19.5 Å². The van der Waals surface area contributed by atoms with Crippen molar-refractivity contribution in [3.63, 3.8) is 0 Å². The van der Waals surface area contributed by atoms with E-state index in [4.69, 9.17) is 5.84 Å². The van der Waals surface area contributed by atoms with E-state index in [-0.39, 0.29) is 30.2 Å². The fourth-order valence-electron chi connectivity index (χ4n) is 2.00. The first-order valence-electron chi connectivity index (χ1n) is 5.81. The molecule has 18 heavy (non-hydrogen) atoms. The average Bonchev–Trinajstić information content (AvgIpc) is 2.57. The number of pyridine rings is 1. The van der Waals surface area contributed by atoms with Crippen LogP contribution in [0.5, 0.6) is 0 Å². The predicted octanol–water partition coefficient (Wildman–Crippen LogP) is 0.508. The second-order valence-corrected chi connectivity index (χ2v) is 4.52. The fourth-order valence-corrected chi connectivity index (χ4v) is 2.00. The summed E-state index contributed by atoms with van der Waals surface area (Å²) in [6.45, 7) is 3.74. The summed E-state index contributed by atoms with van der Waals surface area (Å²) in [6.07, 6.45) is 1.59. The number of nitrogens with zero attached hydrogens (tertiary/aromatic N) is 2. The summed E-state index contributed by atoms with van der Waals surface area (Å²) in [7, 11) is 0. The van der Waals surface area contributed by atoms with E-state index in [0.29, 0.717) is 11.4 Å². The van der Waals surface area contributed by atoms with Crippen LogP contribution < -0.4 is 11.3 Å². The highest BCUT2D eigenvalue weighted by molar-refractivity contribution is 6.04. The Balaban J connectivity index is 2.18. The summed E-state index contributed by atoms with van der Waals surface area (Å²) < 4.78 is 0. The molecule has 6 heteroatoms. The van der Waals surface area contributed by atoms with Crippen LogP contribution in [0.4, 0.5) is 5.69 Å². The van der Waals surface area contributed by atoms with E-state index in [1.165, 1.54) is 4.90 Å². The fraction of sp³-hybridized carbons (Fsp3) is 0.417. The maximum atomic E-state index is 11.9. The molecule has 1 aliphatic rings. The van der Waals surface area contributed by atoms with Crippen molar-refractivity contribution < 1.29 is 9.59 Å². The maximum Gasteiger partial charge on any atom is 0.233 e. The van der Waals surface area contributed by atoms with E-state index >= 15 is 0 Å². The highest BCUT2D eigenvalue weighted by Gasteiger charge is 2.42. The molecule has 2 rings (SSSR count). The molecule has 2 amide bonds. The molecule has 1 aromatic heterocycles. The largest absolute Gasteiger partial charge is 0.324 e. The van der Waals surface area contributed by atoms with E-state index < -0.39 is 0 Å². The third kappa shape index (κ3) is 2.06. The Morgan fingerprint density at radius 3 is 2.50 bits per heavy atom. The van der Waals surface area contributed by atoms with Crippen molar-refractivity contribution in [3.8, 4) is 0 Å². The van der Waals surface area contributed by atoms with Crippen LogP contribution in [-0.4, -0.2) is 21.7 Å². The standard InChI is InChI=1S/C12H16N4O2/c1-7-8(2)12(18)16(11(7)17)6-10-5-9(15-13)3-4-14-10/h3-5,7-8H,6,13H2,1-2H3,(H,14,15). The minimum absolute atomic E-state index is 0.139. The smallest absolute Gasteiger partial charge is 0.233 e. The maximum absolute atomic E-state index is 11.9. The average molecular weight is 248 g/mol. The first-order chi connectivity index (χ1) is 8.54. The summed E-state index contributed by atoms with van der Waals surface area (Å²) in [4.78, 5) is 29.2. The summed E-state index contributed by atoms with van der Waals surface area (Å²) in [5, 5.41) is 0. The number of likely N-dealkylation sites (tertiary alicyclic amines) is 1. The number of hydrazine groups is 1. The van der Waals surface area contributed by atoms with Crippen LogP contribution in [0.3, 0.4) is 0 Å². The first kappa shape index (κ1) is 12.5. The van der Waals surface area contributed by atoms with Crippen molar-refractivity contribution >= 4 is 17.5 Å². The van der Waals surface area contributed by atoms with Gasteiger partial charge in [0.2, 0.25) is 11.8 Å². The number of anilines is 1. The van der Waals surface area contributed by atoms with Crippen molar-refractivity contribution in [3.05, 3.63) is 24.0 Å². The van der Waals surface area contributed by atoms with E-state index in [1.54, 1.807) is 32.2 Å². The van der Waals surface area contributed by atoms with Crippen LogP contribution in [0.25, 0.3) is 0 Å². The topological polar surface area (TPSA) is 88.3 Å². The molecule has 1 aliphatic heterocycles. The van der Waals surface area contributed by atoms with Gasteiger partial charge in [-0.2, -0.15) is 0 Å². The zero-order valence-corrected chi connectivity index (χ0v) is 10.4. The number of nitrogens with two attached hydrogens (primary N) is 1. The second kappa shape index (κ2) is 4.73. The number of nitrogen functional groups attached to an aromatic ring is 1. The van der Waals surface area contributed by atoms with E-state index in [2.05, 4.69) is 10.4 Å². The van der Waals surface area contributed by atoms with Gasteiger partial charge in [-0.25, -0.2) is 0 Å². The molecule has 3 N–H and O–H groups in total. The van der Waals surface area contributed by atoms with Crippen molar-refractivity contribution in [1.29, 1.82) is 0 Å². The number of carbonyl (C=O) groups excluding carboxylic acids is 2. The van der Waals surface area contributed by atoms with Gasteiger partial charge >= 0.3 is 0 Å². The number of imide groups is 1. The molecule has 1 aromatic rings. The van der Waals surface area contributed by atoms with Crippen molar-refractivity contribution in [2.24, 2.45) is 17.7 Å². The number of hydrogen-bond donors (Lipinski definition) is 2. The number of hydrogen-bond acceptors (Lipinski definition) is 5. The Morgan fingerprint density at radius 1 is 1.33 bits per heavy atom. The lowest BCUT2D eigenvalue weighted by Crippen LogP contribution is -2.30. The van der Waals surface area contributed by atoms with E-state index in [1.807, 2.05) is 0 Å². The molecular weight excluding hydrogens is 232 g/mol. The molecule has 2 atom stereocenters. The summed E-state index contributed by atoms with van der Waals surface area (Å²) in [5.74, 6) is 4.51. The zero-order valence-electron chi connectivity index (χ0n) is 10.4. The molecule has 1 saturated heterocycles. The Bertz CT molecular complexity index is 469. The van der Waals surface area contributed by atoms with Crippen LogP contribution in [-0.2, 0) is 16.1 Å². The summed E-state index contributed by atoms with van der Waals surface area (Å²) in [5.41, 5.74) is 3.83. The molecule has 6 nitrogen and oxygen atoms in total. The zero-order chi connectivity index (χ0) is 13.3. The van der Waals surface area contributed by atoms with E-state index in [0.717, 1.165) is 0 Å². The lowest BCUT2D eigenvalue weighted by Gasteiger charge is -2.14. The first-order valence-corrected chi connectivity index (χ1v) is 5.81. The summed E-state index contributed by atoms with van der Waals surface area (Å²) >= 11 is 0. The molecular formula is C12H16N4O2. The monoisotopic (exact) mass is 248 g/mol. The molecule has 0 bridgehead atoms.